The van der Waals surface area contributed by atoms with Gasteiger partial charge in [-0.2, -0.15) is 0 Å². The first-order valence-electron chi connectivity index (χ1n) is 8.95. The molecule has 3 aromatic carbocycles. The molecule has 3 rings (SSSR count). The molecule has 1 atom stereocenters. The monoisotopic (exact) mass is 393 g/mol. The van der Waals surface area contributed by atoms with Gasteiger partial charge in [0, 0.05) is 5.56 Å². The molecule has 0 unspecified atom stereocenters. The number of anilines is 1. The van der Waals surface area contributed by atoms with E-state index < -0.39 is 23.8 Å². The maximum atomic E-state index is 14.0. The van der Waals surface area contributed by atoms with Crippen molar-refractivity contribution in [1.29, 1.82) is 0 Å². The van der Waals surface area contributed by atoms with Crippen molar-refractivity contribution in [3.05, 3.63) is 95.3 Å². The molecular formula is C23H20FNO4. The first-order chi connectivity index (χ1) is 14.0. The van der Waals surface area contributed by atoms with Gasteiger partial charge in [0.05, 0.1) is 18.4 Å². The van der Waals surface area contributed by atoms with Crippen molar-refractivity contribution in [3.63, 3.8) is 0 Å². The highest BCUT2D eigenvalue weighted by molar-refractivity contribution is 5.99. The van der Waals surface area contributed by atoms with Gasteiger partial charge in [0.1, 0.15) is 11.6 Å². The van der Waals surface area contributed by atoms with Gasteiger partial charge in [-0.05, 0) is 36.8 Å². The molecule has 0 saturated carbocycles. The average molecular weight is 393 g/mol. The quantitative estimate of drug-likeness (QED) is 0.618. The van der Waals surface area contributed by atoms with Crippen LogP contribution in [0.2, 0.25) is 0 Å². The highest BCUT2D eigenvalue weighted by atomic mass is 19.1. The van der Waals surface area contributed by atoms with E-state index in [9.17, 15) is 14.0 Å². The van der Waals surface area contributed by atoms with Crippen LogP contribution in [0.3, 0.4) is 0 Å². The summed E-state index contributed by atoms with van der Waals surface area (Å²) >= 11 is 0. The summed E-state index contributed by atoms with van der Waals surface area (Å²) in [5, 5.41) is 2.74. The van der Waals surface area contributed by atoms with Crippen LogP contribution in [0.25, 0.3) is 0 Å². The van der Waals surface area contributed by atoms with Crippen molar-refractivity contribution in [1.82, 2.24) is 0 Å². The van der Waals surface area contributed by atoms with E-state index in [1.165, 1.54) is 25.3 Å². The third-order valence-corrected chi connectivity index (χ3v) is 4.27. The van der Waals surface area contributed by atoms with Crippen molar-refractivity contribution in [3.8, 4) is 5.75 Å². The number of ether oxygens (including phenoxy) is 2. The number of hydrogen-bond donors (Lipinski definition) is 1. The molecule has 0 aliphatic rings. The van der Waals surface area contributed by atoms with Crippen LogP contribution in [0.1, 0.15) is 27.6 Å². The van der Waals surface area contributed by atoms with Crippen LogP contribution >= 0.6 is 0 Å². The van der Waals surface area contributed by atoms with Crippen molar-refractivity contribution >= 4 is 17.6 Å². The van der Waals surface area contributed by atoms with Crippen LogP contribution in [0.4, 0.5) is 10.1 Å². The fourth-order valence-electron chi connectivity index (χ4n) is 2.82. The Morgan fingerprint density at radius 2 is 1.66 bits per heavy atom. The Kier molecular flexibility index (Phi) is 6.24. The fourth-order valence-corrected chi connectivity index (χ4v) is 2.82. The number of carbonyl (C=O) groups is 2. The average Bonchev–Trinajstić information content (AvgIpc) is 2.73. The normalized spacial score (nSPS) is 11.4. The standard InChI is InChI=1S/C23H20FNO4/c1-15-12-13-20(28-2)19(14-15)25-22(26)21(16-8-4-3-5-9-16)29-23(27)17-10-6-7-11-18(17)24/h3-14,21H,1-2H3,(H,25,26)/t21-/m0/s1. The van der Waals surface area contributed by atoms with Crippen LogP contribution < -0.4 is 10.1 Å². The molecular weight excluding hydrogens is 373 g/mol. The number of nitrogens with one attached hydrogen (secondary N) is 1. The third kappa shape index (κ3) is 4.79. The molecule has 148 valence electrons. The summed E-state index contributed by atoms with van der Waals surface area (Å²) in [6, 6.07) is 19.3. The van der Waals surface area contributed by atoms with Gasteiger partial charge in [0.15, 0.2) is 0 Å². The lowest BCUT2D eigenvalue weighted by Gasteiger charge is -2.19. The molecule has 3 aromatic rings. The van der Waals surface area contributed by atoms with E-state index in [-0.39, 0.29) is 5.56 Å². The van der Waals surface area contributed by atoms with Gasteiger partial charge in [-0.1, -0.05) is 48.5 Å². The maximum Gasteiger partial charge on any atom is 0.342 e. The van der Waals surface area contributed by atoms with Crippen molar-refractivity contribution in [2.75, 3.05) is 12.4 Å². The van der Waals surface area contributed by atoms with Gasteiger partial charge in [-0.15, -0.1) is 0 Å². The second kappa shape index (κ2) is 9.01. The third-order valence-electron chi connectivity index (χ3n) is 4.27. The minimum absolute atomic E-state index is 0.241. The van der Waals surface area contributed by atoms with E-state index in [0.29, 0.717) is 17.0 Å². The zero-order valence-electron chi connectivity index (χ0n) is 16.0. The number of esters is 1. The summed E-state index contributed by atoms with van der Waals surface area (Å²) in [5.41, 5.74) is 1.58. The van der Waals surface area contributed by atoms with E-state index in [1.54, 1.807) is 42.5 Å². The molecule has 0 heterocycles. The molecule has 1 N–H and O–H groups in total. The first-order valence-corrected chi connectivity index (χ1v) is 8.95. The first kappa shape index (κ1) is 20.1. The van der Waals surface area contributed by atoms with E-state index in [0.717, 1.165) is 11.6 Å². The van der Waals surface area contributed by atoms with Gasteiger partial charge < -0.3 is 14.8 Å². The number of halogens is 1. The second-order valence-electron chi connectivity index (χ2n) is 6.37. The predicted octanol–water partition coefficient (Wildman–Crippen LogP) is 4.68. The Balaban J connectivity index is 1.90. The van der Waals surface area contributed by atoms with Crippen LogP contribution in [0, 0.1) is 12.7 Å². The molecule has 0 aromatic heterocycles. The second-order valence-corrected chi connectivity index (χ2v) is 6.37. The van der Waals surface area contributed by atoms with E-state index >= 15 is 0 Å². The number of carbonyl (C=O) groups excluding carboxylic acids is 2. The molecule has 1 amide bonds. The zero-order valence-corrected chi connectivity index (χ0v) is 16.0. The lowest BCUT2D eigenvalue weighted by Crippen LogP contribution is -2.26. The van der Waals surface area contributed by atoms with Gasteiger partial charge in [-0.25, -0.2) is 9.18 Å². The molecule has 29 heavy (non-hydrogen) atoms. The number of methoxy groups -OCH3 is 1. The largest absolute Gasteiger partial charge is 0.495 e. The molecule has 0 aliphatic carbocycles. The molecule has 0 bridgehead atoms. The summed E-state index contributed by atoms with van der Waals surface area (Å²) in [6.45, 7) is 1.88. The molecule has 0 radical (unpaired) electrons. The van der Waals surface area contributed by atoms with Crippen molar-refractivity contribution < 1.29 is 23.5 Å². The highest BCUT2D eigenvalue weighted by Gasteiger charge is 2.27. The summed E-state index contributed by atoms with van der Waals surface area (Å²) in [5.74, 6) is -1.76. The smallest absolute Gasteiger partial charge is 0.342 e. The number of aryl methyl sites for hydroxylation is 1. The minimum atomic E-state index is -1.27. The summed E-state index contributed by atoms with van der Waals surface area (Å²) in [7, 11) is 1.49. The van der Waals surface area contributed by atoms with Crippen molar-refractivity contribution in [2.45, 2.75) is 13.0 Å². The van der Waals surface area contributed by atoms with E-state index in [2.05, 4.69) is 5.32 Å². The van der Waals surface area contributed by atoms with Crippen LogP contribution in [-0.4, -0.2) is 19.0 Å². The molecule has 6 heteroatoms. The Morgan fingerprint density at radius 3 is 2.34 bits per heavy atom. The van der Waals surface area contributed by atoms with Crippen LogP contribution in [0.5, 0.6) is 5.75 Å². The van der Waals surface area contributed by atoms with Gasteiger partial charge >= 0.3 is 5.97 Å². The van der Waals surface area contributed by atoms with E-state index in [4.69, 9.17) is 9.47 Å². The Hall–Kier alpha value is -3.67. The lowest BCUT2D eigenvalue weighted by molar-refractivity contribution is -0.125. The molecule has 0 aliphatic heterocycles. The topological polar surface area (TPSA) is 64.6 Å². The number of rotatable bonds is 6. The van der Waals surface area contributed by atoms with Gasteiger partial charge in [-0.3, -0.25) is 4.79 Å². The van der Waals surface area contributed by atoms with Gasteiger partial charge in [0.2, 0.25) is 6.10 Å². The Labute approximate surface area is 168 Å². The summed E-state index contributed by atoms with van der Waals surface area (Å²) in [6.07, 6.45) is -1.27. The lowest BCUT2D eigenvalue weighted by atomic mass is 10.1. The van der Waals surface area contributed by atoms with Gasteiger partial charge in [0.25, 0.3) is 5.91 Å². The summed E-state index contributed by atoms with van der Waals surface area (Å²) < 4.78 is 24.7. The molecule has 0 saturated heterocycles. The SMILES string of the molecule is COc1ccc(C)cc1NC(=O)[C@@H](OC(=O)c1ccccc1F)c1ccccc1. The molecule has 0 fully saturated rings. The highest BCUT2D eigenvalue weighted by Crippen LogP contribution is 2.28. The van der Waals surface area contributed by atoms with Crippen LogP contribution in [-0.2, 0) is 9.53 Å². The van der Waals surface area contributed by atoms with Crippen LogP contribution in [0.15, 0.2) is 72.8 Å². The molecule has 5 nitrogen and oxygen atoms in total. The fraction of sp³-hybridized carbons (Fsp3) is 0.130. The number of amides is 1. The number of hydrogen-bond acceptors (Lipinski definition) is 4. The van der Waals surface area contributed by atoms with E-state index in [1.807, 2.05) is 13.0 Å². The maximum absolute atomic E-state index is 14.0. The Bertz CT molecular complexity index is 1020. The molecule has 0 spiro atoms. The minimum Gasteiger partial charge on any atom is -0.495 e. The zero-order chi connectivity index (χ0) is 20.8. The Morgan fingerprint density at radius 1 is 0.966 bits per heavy atom. The number of benzene rings is 3. The predicted molar refractivity (Wildman–Crippen MR) is 107 cm³/mol. The summed E-state index contributed by atoms with van der Waals surface area (Å²) in [4.78, 5) is 25.5. The van der Waals surface area contributed by atoms with Crippen molar-refractivity contribution in [2.24, 2.45) is 0 Å².